The number of hydrogen-bond acceptors (Lipinski definition) is 6. The van der Waals surface area contributed by atoms with Gasteiger partial charge in [0.25, 0.3) is 5.56 Å². The molecule has 0 spiro atoms. The summed E-state index contributed by atoms with van der Waals surface area (Å²) in [6.07, 6.45) is -0.603. The molecule has 0 aliphatic carbocycles. The second-order valence-corrected chi connectivity index (χ2v) is 8.90. The molecule has 35 heavy (non-hydrogen) atoms. The quantitative estimate of drug-likeness (QED) is 0.447. The van der Waals surface area contributed by atoms with Crippen LogP contribution in [-0.4, -0.2) is 65.0 Å². The average molecular weight is 471 g/mol. The van der Waals surface area contributed by atoms with Gasteiger partial charge in [-0.1, -0.05) is 36.4 Å². The summed E-state index contributed by atoms with van der Waals surface area (Å²) < 4.78 is 7.50. The van der Waals surface area contributed by atoms with Crippen molar-refractivity contribution in [2.75, 3.05) is 44.2 Å². The van der Waals surface area contributed by atoms with Crippen LogP contribution in [0.25, 0.3) is 16.6 Å². The Morgan fingerprint density at radius 1 is 0.914 bits per heavy atom. The van der Waals surface area contributed by atoms with Crippen LogP contribution >= 0.6 is 0 Å². The van der Waals surface area contributed by atoms with E-state index < -0.39 is 6.10 Å². The van der Waals surface area contributed by atoms with E-state index in [-0.39, 0.29) is 12.2 Å². The van der Waals surface area contributed by atoms with E-state index >= 15 is 0 Å². The van der Waals surface area contributed by atoms with Gasteiger partial charge in [-0.3, -0.25) is 14.3 Å². The molecule has 1 fully saturated rings. The SMILES string of the molecule is Cc1nc2ccccc2c(=O)n1-c1cccc(OCC(O)CN2CCN(c3ccccc3)CC2)c1. The average Bonchev–Trinajstić information content (AvgIpc) is 2.89. The van der Waals surface area contributed by atoms with Crippen LogP contribution in [0.3, 0.4) is 0 Å². The molecule has 5 rings (SSSR count). The Kier molecular flexibility index (Phi) is 6.79. The van der Waals surface area contributed by atoms with Gasteiger partial charge in [-0.05, 0) is 43.3 Å². The van der Waals surface area contributed by atoms with E-state index in [0.717, 1.165) is 26.2 Å². The van der Waals surface area contributed by atoms with Crippen molar-refractivity contribution in [2.24, 2.45) is 0 Å². The highest BCUT2D eigenvalue weighted by atomic mass is 16.5. The standard InChI is InChI=1S/C28H30N4O3/c1-21-29-27-13-6-5-12-26(27)28(34)32(21)23-10-7-11-25(18-23)35-20-24(33)19-30-14-16-31(17-15-30)22-8-3-2-4-9-22/h2-13,18,24,33H,14-17,19-20H2,1H3. The molecule has 180 valence electrons. The van der Waals surface area contributed by atoms with Crippen LogP contribution in [0.1, 0.15) is 5.82 Å². The van der Waals surface area contributed by atoms with E-state index in [4.69, 9.17) is 4.74 Å². The normalized spacial score (nSPS) is 15.3. The molecule has 0 saturated carbocycles. The number of para-hydroxylation sites is 2. The fourth-order valence-electron chi connectivity index (χ4n) is 4.63. The van der Waals surface area contributed by atoms with Crippen LogP contribution in [0.2, 0.25) is 0 Å². The third-order valence-electron chi connectivity index (χ3n) is 6.42. The van der Waals surface area contributed by atoms with E-state index in [1.807, 2.05) is 55.5 Å². The molecule has 7 heteroatoms. The summed E-state index contributed by atoms with van der Waals surface area (Å²) in [6.45, 7) is 6.25. The molecule has 1 unspecified atom stereocenters. The van der Waals surface area contributed by atoms with Crippen molar-refractivity contribution >= 4 is 16.6 Å². The molecular weight excluding hydrogens is 440 g/mol. The number of aryl methyl sites for hydroxylation is 1. The monoisotopic (exact) mass is 470 g/mol. The zero-order valence-electron chi connectivity index (χ0n) is 19.9. The van der Waals surface area contributed by atoms with E-state index in [1.165, 1.54) is 5.69 Å². The minimum Gasteiger partial charge on any atom is -0.491 e. The summed E-state index contributed by atoms with van der Waals surface area (Å²) in [5, 5.41) is 11.2. The molecular formula is C28H30N4O3. The molecule has 4 aromatic rings. The van der Waals surface area contributed by atoms with Crippen molar-refractivity contribution in [3.8, 4) is 11.4 Å². The molecule has 0 bridgehead atoms. The Bertz CT molecular complexity index is 1350. The largest absolute Gasteiger partial charge is 0.491 e. The predicted octanol–water partition coefficient (Wildman–Crippen LogP) is 3.26. The van der Waals surface area contributed by atoms with Gasteiger partial charge in [0, 0.05) is 44.5 Å². The number of aliphatic hydroxyl groups excluding tert-OH is 1. The highest BCUT2D eigenvalue weighted by molar-refractivity contribution is 5.77. The number of β-amino-alcohol motifs (C(OH)–C–C–N with tert-alkyl or cyclic N) is 1. The Hall–Kier alpha value is -3.68. The van der Waals surface area contributed by atoms with Gasteiger partial charge in [-0.15, -0.1) is 0 Å². The minimum atomic E-state index is -0.603. The van der Waals surface area contributed by atoms with Gasteiger partial charge in [-0.2, -0.15) is 0 Å². The number of anilines is 1. The van der Waals surface area contributed by atoms with Crippen molar-refractivity contribution < 1.29 is 9.84 Å². The second-order valence-electron chi connectivity index (χ2n) is 8.90. The lowest BCUT2D eigenvalue weighted by molar-refractivity contribution is 0.0663. The second kappa shape index (κ2) is 10.3. The number of benzene rings is 3. The lowest BCUT2D eigenvalue weighted by atomic mass is 10.2. The first kappa shape index (κ1) is 23.1. The molecule has 1 saturated heterocycles. The van der Waals surface area contributed by atoms with Gasteiger partial charge in [0.15, 0.2) is 0 Å². The predicted molar refractivity (Wildman–Crippen MR) is 139 cm³/mol. The van der Waals surface area contributed by atoms with Crippen LogP contribution < -0.4 is 15.2 Å². The Labute approximate surface area is 204 Å². The molecule has 1 aliphatic heterocycles. The first-order valence-electron chi connectivity index (χ1n) is 12.0. The summed E-state index contributed by atoms with van der Waals surface area (Å²) in [5.41, 5.74) is 2.51. The summed E-state index contributed by atoms with van der Waals surface area (Å²) in [6, 6.07) is 25.1. The minimum absolute atomic E-state index is 0.111. The third kappa shape index (κ3) is 5.21. The van der Waals surface area contributed by atoms with Gasteiger partial charge in [-0.25, -0.2) is 4.98 Å². The summed E-state index contributed by atoms with van der Waals surface area (Å²) in [4.78, 5) is 22.3. The van der Waals surface area contributed by atoms with E-state index in [0.29, 0.717) is 34.7 Å². The van der Waals surface area contributed by atoms with Gasteiger partial charge in [0.1, 0.15) is 24.3 Å². The third-order valence-corrected chi connectivity index (χ3v) is 6.42. The first-order valence-corrected chi connectivity index (χ1v) is 12.0. The smallest absolute Gasteiger partial charge is 0.265 e. The van der Waals surface area contributed by atoms with Gasteiger partial charge in [0.2, 0.25) is 0 Å². The van der Waals surface area contributed by atoms with Gasteiger partial charge in [0.05, 0.1) is 16.6 Å². The van der Waals surface area contributed by atoms with Gasteiger partial charge < -0.3 is 14.7 Å². The Balaban J connectivity index is 1.19. The van der Waals surface area contributed by atoms with Crippen molar-refractivity contribution in [3.63, 3.8) is 0 Å². The van der Waals surface area contributed by atoms with Crippen LogP contribution in [0.15, 0.2) is 83.7 Å². The number of rotatable bonds is 7. The topological polar surface area (TPSA) is 70.8 Å². The van der Waals surface area contributed by atoms with E-state index in [2.05, 4.69) is 39.0 Å². The highest BCUT2D eigenvalue weighted by Crippen LogP contribution is 2.19. The molecule has 1 aromatic heterocycles. The molecule has 0 radical (unpaired) electrons. The molecule has 1 atom stereocenters. The number of hydrogen-bond donors (Lipinski definition) is 1. The molecule has 7 nitrogen and oxygen atoms in total. The molecule has 0 amide bonds. The maximum absolute atomic E-state index is 13.1. The van der Waals surface area contributed by atoms with Crippen molar-refractivity contribution in [2.45, 2.75) is 13.0 Å². The number of aliphatic hydroxyl groups is 1. The van der Waals surface area contributed by atoms with Crippen LogP contribution in [0.4, 0.5) is 5.69 Å². The summed E-state index contributed by atoms with van der Waals surface area (Å²) >= 11 is 0. The Morgan fingerprint density at radius 3 is 2.43 bits per heavy atom. The Morgan fingerprint density at radius 2 is 1.63 bits per heavy atom. The van der Waals surface area contributed by atoms with Crippen LogP contribution in [0.5, 0.6) is 5.75 Å². The van der Waals surface area contributed by atoms with Crippen LogP contribution in [-0.2, 0) is 0 Å². The highest BCUT2D eigenvalue weighted by Gasteiger charge is 2.20. The maximum atomic E-state index is 13.1. The van der Waals surface area contributed by atoms with E-state index in [9.17, 15) is 9.90 Å². The first-order chi connectivity index (χ1) is 17.1. The molecule has 1 N–H and O–H groups in total. The number of nitrogens with zero attached hydrogens (tertiary/aromatic N) is 4. The molecule has 2 heterocycles. The molecule has 1 aliphatic rings. The lowest BCUT2D eigenvalue weighted by Crippen LogP contribution is -2.49. The van der Waals surface area contributed by atoms with E-state index in [1.54, 1.807) is 10.6 Å². The number of ether oxygens (including phenoxy) is 1. The van der Waals surface area contributed by atoms with Gasteiger partial charge >= 0.3 is 0 Å². The van der Waals surface area contributed by atoms with Crippen molar-refractivity contribution in [1.82, 2.24) is 14.5 Å². The summed E-state index contributed by atoms with van der Waals surface area (Å²) in [5.74, 6) is 1.22. The lowest BCUT2D eigenvalue weighted by Gasteiger charge is -2.36. The van der Waals surface area contributed by atoms with Crippen LogP contribution in [0, 0.1) is 6.92 Å². The maximum Gasteiger partial charge on any atom is 0.265 e. The number of aromatic nitrogens is 2. The fourth-order valence-corrected chi connectivity index (χ4v) is 4.63. The van der Waals surface area contributed by atoms with Crippen molar-refractivity contribution in [1.29, 1.82) is 0 Å². The zero-order valence-corrected chi connectivity index (χ0v) is 19.9. The molecule has 3 aromatic carbocycles. The number of fused-ring (bicyclic) bond motifs is 1. The van der Waals surface area contributed by atoms with Crippen molar-refractivity contribution in [3.05, 3.63) is 95.0 Å². The fraction of sp³-hybridized carbons (Fsp3) is 0.286. The summed E-state index contributed by atoms with van der Waals surface area (Å²) in [7, 11) is 0. The number of piperazine rings is 1. The zero-order chi connectivity index (χ0) is 24.2.